The Hall–Kier alpha value is -2.95. The monoisotopic (exact) mass is 364 g/mol. The summed E-state index contributed by atoms with van der Waals surface area (Å²) in [7, 11) is 0. The van der Waals surface area contributed by atoms with Gasteiger partial charge in [-0.3, -0.25) is 9.59 Å². The van der Waals surface area contributed by atoms with Crippen LogP contribution < -0.4 is 0 Å². The third kappa shape index (κ3) is 5.78. The molecule has 140 valence electrons. The van der Waals surface area contributed by atoms with Gasteiger partial charge in [0, 0.05) is 12.8 Å². The van der Waals surface area contributed by atoms with Crippen LogP contribution in [0.4, 0.5) is 0 Å². The predicted octanol–water partition coefficient (Wildman–Crippen LogP) is 3.58. The lowest BCUT2D eigenvalue weighted by molar-refractivity contribution is -0.146. The van der Waals surface area contributed by atoms with Crippen LogP contribution in [0.1, 0.15) is 36.8 Å². The van der Waals surface area contributed by atoms with Gasteiger partial charge in [0.15, 0.2) is 0 Å². The molecule has 0 atom stereocenters. The number of rotatable bonds is 8. The second kappa shape index (κ2) is 9.67. The maximum atomic E-state index is 12.3. The van der Waals surface area contributed by atoms with Crippen molar-refractivity contribution in [2.45, 2.75) is 32.1 Å². The van der Waals surface area contributed by atoms with Gasteiger partial charge in [0.25, 0.3) is 0 Å². The fourth-order valence-corrected chi connectivity index (χ4v) is 2.99. The summed E-state index contributed by atoms with van der Waals surface area (Å²) in [6.07, 6.45) is 2.61. The molecule has 0 spiro atoms. The zero-order valence-corrected chi connectivity index (χ0v) is 15.3. The Morgan fingerprint density at radius 3 is 2.41 bits per heavy atom. The van der Waals surface area contributed by atoms with Gasteiger partial charge in [0.05, 0.1) is 25.3 Å². The van der Waals surface area contributed by atoms with Crippen molar-refractivity contribution in [1.82, 2.24) is 5.01 Å². The fraction of sp³-hybridized carbons (Fsp3) is 0.318. The van der Waals surface area contributed by atoms with Crippen LogP contribution in [0.25, 0.3) is 0 Å². The van der Waals surface area contributed by atoms with Crippen LogP contribution in [-0.4, -0.2) is 35.7 Å². The number of aryl methyl sites for hydroxylation is 1. The van der Waals surface area contributed by atoms with Gasteiger partial charge < -0.3 is 4.74 Å². The molecule has 3 rings (SSSR count). The number of ether oxygens (including phenoxy) is 1. The van der Waals surface area contributed by atoms with Crippen molar-refractivity contribution in [1.29, 1.82) is 0 Å². The van der Waals surface area contributed by atoms with Crippen LogP contribution in [0.5, 0.6) is 0 Å². The summed E-state index contributed by atoms with van der Waals surface area (Å²) in [4.78, 5) is 24.1. The summed E-state index contributed by atoms with van der Waals surface area (Å²) >= 11 is 0. The Kier molecular flexibility index (Phi) is 6.74. The molecule has 0 saturated carbocycles. The highest BCUT2D eigenvalue weighted by Gasteiger charge is 2.22. The highest BCUT2D eigenvalue weighted by atomic mass is 16.5. The van der Waals surface area contributed by atoms with Crippen LogP contribution in [0.2, 0.25) is 0 Å². The van der Waals surface area contributed by atoms with Crippen LogP contribution in [0.15, 0.2) is 65.8 Å². The lowest BCUT2D eigenvalue weighted by Gasteiger charge is -2.11. The molecule has 0 N–H and O–H groups in total. The van der Waals surface area contributed by atoms with Crippen LogP contribution in [0.3, 0.4) is 0 Å². The largest absolute Gasteiger partial charge is 0.466 e. The minimum absolute atomic E-state index is 0.0941. The molecule has 2 aromatic rings. The van der Waals surface area contributed by atoms with Crippen LogP contribution >= 0.6 is 0 Å². The minimum atomic E-state index is -0.331. The number of carbonyl (C=O) groups is 2. The van der Waals surface area contributed by atoms with E-state index in [0.29, 0.717) is 13.2 Å². The van der Waals surface area contributed by atoms with Crippen molar-refractivity contribution in [2.24, 2.45) is 5.10 Å². The number of nitrogens with zero attached hydrogens (tertiary/aromatic N) is 2. The highest BCUT2D eigenvalue weighted by molar-refractivity contribution is 6.02. The van der Waals surface area contributed by atoms with Crippen molar-refractivity contribution >= 4 is 17.6 Å². The summed E-state index contributed by atoms with van der Waals surface area (Å²) in [6, 6.07) is 19.9. The van der Waals surface area contributed by atoms with E-state index in [1.54, 1.807) is 0 Å². The molecule has 0 bridgehead atoms. The molecule has 0 fully saturated rings. The molecule has 5 heteroatoms. The Labute approximate surface area is 159 Å². The molecular weight excluding hydrogens is 340 g/mol. The molecule has 5 nitrogen and oxygen atoms in total. The standard InChI is InChI=1S/C22H24N2O3/c25-21(24-16-15-20(23-24)19-11-5-2-6-12-19)13-14-22(26)27-17-7-10-18-8-3-1-4-9-18/h1-6,8-9,11-12H,7,10,13-17H2. The summed E-state index contributed by atoms with van der Waals surface area (Å²) < 4.78 is 5.22. The van der Waals surface area contributed by atoms with E-state index >= 15 is 0 Å². The molecule has 27 heavy (non-hydrogen) atoms. The van der Waals surface area contributed by atoms with Gasteiger partial charge in [-0.2, -0.15) is 5.10 Å². The molecule has 2 aromatic carbocycles. The van der Waals surface area contributed by atoms with Gasteiger partial charge >= 0.3 is 5.97 Å². The van der Waals surface area contributed by atoms with Gasteiger partial charge in [-0.05, 0) is 24.0 Å². The zero-order valence-electron chi connectivity index (χ0n) is 15.3. The first-order valence-electron chi connectivity index (χ1n) is 9.35. The number of hydrazone groups is 1. The van der Waals surface area contributed by atoms with Crippen molar-refractivity contribution in [2.75, 3.05) is 13.2 Å². The Balaban J connectivity index is 1.35. The minimum Gasteiger partial charge on any atom is -0.466 e. The molecule has 1 aliphatic heterocycles. The summed E-state index contributed by atoms with van der Waals surface area (Å²) in [5, 5.41) is 5.86. The van der Waals surface area contributed by atoms with E-state index in [9.17, 15) is 9.59 Å². The number of hydrogen-bond donors (Lipinski definition) is 0. The summed E-state index contributed by atoms with van der Waals surface area (Å²) in [5.74, 6) is -0.468. The average molecular weight is 364 g/mol. The number of benzene rings is 2. The molecule has 0 unspecified atom stereocenters. The fourth-order valence-electron chi connectivity index (χ4n) is 2.99. The first-order valence-corrected chi connectivity index (χ1v) is 9.35. The molecule has 1 amide bonds. The van der Waals surface area contributed by atoms with Crippen molar-refractivity contribution < 1.29 is 14.3 Å². The molecule has 0 aromatic heterocycles. The van der Waals surface area contributed by atoms with Crippen molar-refractivity contribution in [3.8, 4) is 0 Å². The number of hydrogen-bond acceptors (Lipinski definition) is 4. The SMILES string of the molecule is O=C(CCC(=O)N1CCC(c2ccccc2)=N1)OCCCc1ccccc1. The maximum absolute atomic E-state index is 12.3. The molecule has 0 saturated heterocycles. The smallest absolute Gasteiger partial charge is 0.306 e. The lowest BCUT2D eigenvalue weighted by atomic mass is 10.1. The van der Waals surface area contributed by atoms with Gasteiger partial charge in [0.1, 0.15) is 0 Å². The zero-order chi connectivity index (χ0) is 18.9. The summed E-state index contributed by atoms with van der Waals surface area (Å²) in [5.41, 5.74) is 3.17. The van der Waals surface area contributed by atoms with E-state index in [1.807, 2.05) is 48.5 Å². The molecule has 0 aliphatic carbocycles. The maximum Gasteiger partial charge on any atom is 0.306 e. The number of amides is 1. The third-order valence-electron chi connectivity index (χ3n) is 4.46. The van der Waals surface area contributed by atoms with E-state index in [0.717, 1.165) is 30.5 Å². The lowest BCUT2D eigenvalue weighted by Crippen LogP contribution is -2.24. The predicted molar refractivity (Wildman–Crippen MR) is 104 cm³/mol. The molecule has 1 aliphatic rings. The number of carbonyl (C=O) groups excluding carboxylic acids is 2. The third-order valence-corrected chi connectivity index (χ3v) is 4.46. The quantitative estimate of drug-likeness (QED) is 0.531. The van der Waals surface area contributed by atoms with E-state index in [4.69, 9.17) is 4.74 Å². The second-order valence-electron chi connectivity index (χ2n) is 6.49. The Morgan fingerprint density at radius 1 is 0.963 bits per heavy atom. The highest BCUT2D eigenvalue weighted by Crippen LogP contribution is 2.15. The Bertz CT molecular complexity index is 788. The average Bonchev–Trinajstić information content (AvgIpc) is 3.21. The van der Waals surface area contributed by atoms with E-state index in [2.05, 4.69) is 17.2 Å². The Morgan fingerprint density at radius 2 is 1.67 bits per heavy atom. The van der Waals surface area contributed by atoms with Crippen molar-refractivity contribution in [3.63, 3.8) is 0 Å². The van der Waals surface area contributed by atoms with E-state index in [1.165, 1.54) is 10.6 Å². The molecule has 0 radical (unpaired) electrons. The summed E-state index contributed by atoms with van der Waals surface area (Å²) in [6.45, 7) is 0.942. The first-order chi connectivity index (χ1) is 13.2. The van der Waals surface area contributed by atoms with Gasteiger partial charge in [-0.1, -0.05) is 60.7 Å². The second-order valence-corrected chi connectivity index (χ2v) is 6.49. The van der Waals surface area contributed by atoms with Gasteiger partial charge in [0.2, 0.25) is 5.91 Å². The molecule has 1 heterocycles. The van der Waals surface area contributed by atoms with Crippen molar-refractivity contribution in [3.05, 3.63) is 71.8 Å². The molecular formula is C22H24N2O3. The van der Waals surface area contributed by atoms with E-state index in [-0.39, 0.29) is 24.7 Å². The first kappa shape index (κ1) is 18.8. The van der Waals surface area contributed by atoms with Gasteiger partial charge in [-0.25, -0.2) is 5.01 Å². The number of esters is 1. The van der Waals surface area contributed by atoms with E-state index < -0.39 is 0 Å². The topological polar surface area (TPSA) is 59.0 Å². The van der Waals surface area contributed by atoms with Gasteiger partial charge in [-0.15, -0.1) is 0 Å². The normalized spacial score (nSPS) is 13.3. The van der Waals surface area contributed by atoms with Crippen LogP contribution in [0, 0.1) is 0 Å². The van der Waals surface area contributed by atoms with Crippen LogP contribution in [-0.2, 0) is 20.7 Å².